The van der Waals surface area contributed by atoms with Gasteiger partial charge in [-0.05, 0) is 33.8 Å². The third-order valence-corrected chi connectivity index (χ3v) is 2.65. The van der Waals surface area contributed by atoms with E-state index in [-0.39, 0.29) is 17.5 Å². The molecule has 1 rings (SSSR count). The molecule has 5 nitrogen and oxygen atoms in total. The van der Waals surface area contributed by atoms with Crippen molar-refractivity contribution in [3.63, 3.8) is 0 Å². The number of ether oxygens (including phenoxy) is 2. The van der Waals surface area contributed by atoms with Crippen LogP contribution < -0.4 is 10.1 Å². The number of hydrogen-bond donors (Lipinski definition) is 1. The number of halogens is 4. The lowest BCUT2D eigenvalue weighted by molar-refractivity contribution is -0.137. The summed E-state index contributed by atoms with van der Waals surface area (Å²) in [7, 11) is 0. The Morgan fingerprint density at radius 3 is 2.48 bits per heavy atom. The average Bonchev–Trinajstić information content (AvgIpc) is 2.33. The maximum atomic E-state index is 12.5. The average molecular weight is 355 g/mol. The highest BCUT2D eigenvalue weighted by atomic mass is 35.5. The zero-order valence-electron chi connectivity index (χ0n) is 13.1. The topological polar surface area (TPSA) is 60.5 Å². The van der Waals surface area contributed by atoms with Crippen LogP contribution >= 0.6 is 11.6 Å². The van der Waals surface area contributed by atoms with E-state index >= 15 is 0 Å². The van der Waals surface area contributed by atoms with E-state index in [2.05, 4.69) is 10.3 Å². The van der Waals surface area contributed by atoms with Gasteiger partial charge >= 0.3 is 12.3 Å². The fraction of sp³-hybridized carbons (Fsp3) is 0.571. The van der Waals surface area contributed by atoms with Crippen molar-refractivity contribution in [2.75, 3.05) is 6.61 Å². The highest BCUT2D eigenvalue weighted by Gasteiger charge is 2.31. The highest BCUT2D eigenvalue weighted by molar-refractivity contribution is 6.31. The Morgan fingerprint density at radius 1 is 1.39 bits per heavy atom. The molecule has 0 spiro atoms. The van der Waals surface area contributed by atoms with Crippen LogP contribution in [0.4, 0.5) is 18.0 Å². The minimum atomic E-state index is -4.53. The molecule has 0 aliphatic rings. The third kappa shape index (κ3) is 6.94. The molecule has 0 fully saturated rings. The number of hydrogen-bond acceptors (Lipinski definition) is 4. The van der Waals surface area contributed by atoms with Crippen molar-refractivity contribution in [3.05, 3.63) is 22.8 Å². The van der Waals surface area contributed by atoms with E-state index in [1.807, 2.05) is 0 Å². The number of amides is 1. The Bertz CT molecular complexity index is 559. The minimum absolute atomic E-state index is 0.102. The number of alkyl carbamates (subject to hydrolysis) is 1. The van der Waals surface area contributed by atoms with Crippen LogP contribution in [0.2, 0.25) is 5.02 Å². The standard InChI is InChI=1S/C14H18ClF3N2O3/c1-8(23-12(21)20-13(2,3)4)7-22-11-10(15)5-9(6-19-11)14(16,17)18/h5-6,8H,7H2,1-4H3,(H,20,21)/t8-/m1/s1. The largest absolute Gasteiger partial charge is 0.473 e. The summed E-state index contributed by atoms with van der Waals surface area (Å²) in [5.41, 5.74) is -1.42. The zero-order valence-corrected chi connectivity index (χ0v) is 13.9. The first-order chi connectivity index (χ1) is 10.4. The first kappa shape index (κ1) is 19.3. The van der Waals surface area contributed by atoms with Crippen LogP contribution in [0.1, 0.15) is 33.3 Å². The molecule has 0 bridgehead atoms. The zero-order chi connectivity index (χ0) is 17.8. The molecular formula is C14H18ClF3N2O3. The monoisotopic (exact) mass is 354 g/mol. The molecule has 0 aliphatic heterocycles. The van der Waals surface area contributed by atoms with E-state index in [9.17, 15) is 18.0 Å². The molecule has 1 heterocycles. The number of nitrogens with one attached hydrogen (secondary N) is 1. The number of carbonyl (C=O) groups is 1. The smallest absolute Gasteiger partial charge is 0.417 e. The van der Waals surface area contributed by atoms with Gasteiger partial charge in [0.25, 0.3) is 0 Å². The van der Waals surface area contributed by atoms with Crippen LogP contribution in [0, 0.1) is 0 Å². The van der Waals surface area contributed by atoms with Crippen molar-refractivity contribution in [2.24, 2.45) is 0 Å². The number of rotatable bonds is 4. The van der Waals surface area contributed by atoms with Crippen LogP contribution in [-0.4, -0.2) is 29.3 Å². The van der Waals surface area contributed by atoms with Gasteiger partial charge in [0.05, 0.1) is 5.56 Å². The molecule has 0 aromatic carbocycles. The van der Waals surface area contributed by atoms with E-state index in [1.54, 1.807) is 27.7 Å². The summed E-state index contributed by atoms with van der Waals surface area (Å²) in [6.45, 7) is 6.85. The fourth-order valence-electron chi connectivity index (χ4n) is 1.44. The van der Waals surface area contributed by atoms with E-state index < -0.39 is 29.5 Å². The van der Waals surface area contributed by atoms with Gasteiger partial charge in [-0.25, -0.2) is 9.78 Å². The third-order valence-electron chi connectivity index (χ3n) is 2.37. The number of pyridine rings is 1. The van der Waals surface area contributed by atoms with E-state index in [0.717, 1.165) is 6.07 Å². The van der Waals surface area contributed by atoms with Gasteiger partial charge in [-0.2, -0.15) is 13.2 Å². The Labute approximate surface area is 137 Å². The van der Waals surface area contributed by atoms with E-state index in [0.29, 0.717) is 6.20 Å². The first-order valence-electron chi connectivity index (χ1n) is 6.73. The van der Waals surface area contributed by atoms with Crippen LogP contribution in [0.15, 0.2) is 12.3 Å². The molecule has 0 unspecified atom stereocenters. The van der Waals surface area contributed by atoms with Crippen LogP contribution in [-0.2, 0) is 10.9 Å². The molecule has 1 amide bonds. The van der Waals surface area contributed by atoms with Crippen LogP contribution in [0.3, 0.4) is 0 Å². The second-order valence-corrected chi connectivity index (χ2v) is 6.32. The lowest BCUT2D eigenvalue weighted by atomic mass is 10.1. The predicted molar refractivity (Wildman–Crippen MR) is 78.6 cm³/mol. The van der Waals surface area contributed by atoms with Crippen LogP contribution in [0.25, 0.3) is 0 Å². The normalized spacial score (nSPS) is 13.4. The molecule has 0 radical (unpaired) electrons. The van der Waals surface area contributed by atoms with E-state index in [1.165, 1.54) is 0 Å². The Kier molecular flexibility index (Phi) is 6.10. The summed E-state index contributed by atoms with van der Waals surface area (Å²) in [5, 5.41) is 2.33. The maximum absolute atomic E-state index is 12.5. The number of aromatic nitrogens is 1. The molecule has 0 saturated carbocycles. The van der Waals surface area contributed by atoms with Crippen LogP contribution in [0.5, 0.6) is 5.88 Å². The summed E-state index contributed by atoms with van der Waals surface area (Å²) in [6.07, 6.45) is -5.17. The van der Waals surface area contributed by atoms with Crippen molar-refractivity contribution < 1.29 is 27.4 Å². The Hall–Kier alpha value is -1.70. The molecule has 1 aromatic heterocycles. The van der Waals surface area contributed by atoms with Gasteiger partial charge in [-0.1, -0.05) is 11.6 Å². The SMILES string of the molecule is C[C@H](COc1ncc(C(F)(F)F)cc1Cl)OC(=O)NC(C)(C)C. The summed E-state index contributed by atoms with van der Waals surface area (Å²) in [4.78, 5) is 15.1. The quantitative estimate of drug-likeness (QED) is 0.886. The fourth-order valence-corrected chi connectivity index (χ4v) is 1.66. The van der Waals surface area contributed by atoms with Crippen molar-refractivity contribution in [2.45, 2.75) is 45.5 Å². The number of nitrogens with zero attached hydrogens (tertiary/aromatic N) is 1. The van der Waals surface area contributed by atoms with Crippen molar-refractivity contribution in [3.8, 4) is 5.88 Å². The summed E-state index contributed by atoms with van der Waals surface area (Å²) in [5.74, 6) is -0.161. The molecule has 0 aliphatic carbocycles. The molecule has 23 heavy (non-hydrogen) atoms. The molecule has 130 valence electrons. The summed E-state index contributed by atoms with van der Waals surface area (Å²) >= 11 is 5.70. The molecule has 0 saturated heterocycles. The van der Waals surface area contributed by atoms with Gasteiger partial charge in [0.15, 0.2) is 0 Å². The summed E-state index contributed by atoms with van der Waals surface area (Å²) in [6, 6.07) is 0.724. The van der Waals surface area contributed by atoms with Gasteiger partial charge in [-0.3, -0.25) is 0 Å². The summed E-state index contributed by atoms with van der Waals surface area (Å²) < 4.78 is 47.7. The minimum Gasteiger partial charge on any atom is -0.473 e. The van der Waals surface area contributed by atoms with Gasteiger partial charge in [0, 0.05) is 11.7 Å². The van der Waals surface area contributed by atoms with Gasteiger partial charge in [0.2, 0.25) is 5.88 Å². The lowest BCUT2D eigenvalue weighted by Crippen LogP contribution is -2.42. The van der Waals surface area contributed by atoms with Crippen molar-refractivity contribution >= 4 is 17.7 Å². The van der Waals surface area contributed by atoms with Crippen molar-refractivity contribution in [1.82, 2.24) is 10.3 Å². The molecule has 1 aromatic rings. The Balaban J connectivity index is 2.56. The first-order valence-corrected chi connectivity index (χ1v) is 7.10. The second-order valence-electron chi connectivity index (χ2n) is 5.91. The number of alkyl halides is 3. The lowest BCUT2D eigenvalue weighted by Gasteiger charge is -2.22. The number of carbonyl (C=O) groups excluding carboxylic acids is 1. The van der Waals surface area contributed by atoms with Crippen molar-refractivity contribution in [1.29, 1.82) is 0 Å². The van der Waals surface area contributed by atoms with Gasteiger partial charge in [0.1, 0.15) is 17.7 Å². The predicted octanol–water partition coefficient (Wildman–Crippen LogP) is 4.05. The molecular weight excluding hydrogens is 337 g/mol. The molecule has 9 heteroatoms. The maximum Gasteiger partial charge on any atom is 0.417 e. The molecule has 1 N–H and O–H groups in total. The van der Waals surface area contributed by atoms with E-state index in [4.69, 9.17) is 21.1 Å². The second kappa shape index (κ2) is 7.25. The Morgan fingerprint density at radius 2 is 2.00 bits per heavy atom. The van der Waals surface area contributed by atoms with Gasteiger partial charge < -0.3 is 14.8 Å². The highest BCUT2D eigenvalue weighted by Crippen LogP contribution is 2.33. The van der Waals surface area contributed by atoms with Gasteiger partial charge in [-0.15, -0.1) is 0 Å². The molecule has 1 atom stereocenters.